The number of thiophene rings is 1. The predicted octanol–water partition coefficient (Wildman–Crippen LogP) is 9.36. The van der Waals surface area contributed by atoms with Crippen LogP contribution in [0.3, 0.4) is 0 Å². The van der Waals surface area contributed by atoms with Gasteiger partial charge in [-0.05, 0) is 53.6 Å². The van der Waals surface area contributed by atoms with E-state index in [0.29, 0.717) is 0 Å². The van der Waals surface area contributed by atoms with Gasteiger partial charge < -0.3 is 9.73 Å². The van der Waals surface area contributed by atoms with Gasteiger partial charge in [-0.1, -0.05) is 66.7 Å². The van der Waals surface area contributed by atoms with Crippen LogP contribution in [-0.4, -0.2) is 0 Å². The smallest absolute Gasteiger partial charge is 0.136 e. The fourth-order valence-corrected chi connectivity index (χ4v) is 5.88. The Balaban J connectivity index is 1.34. The third kappa shape index (κ3) is 3.01. The van der Waals surface area contributed by atoms with Crippen LogP contribution in [-0.2, 0) is 0 Å². The van der Waals surface area contributed by atoms with Crippen LogP contribution in [0.15, 0.2) is 114 Å². The third-order valence-electron chi connectivity index (χ3n) is 6.25. The lowest BCUT2D eigenvalue weighted by Gasteiger charge is -2.07. The van der Waals surface area contributed by atoms with Gasteiger partial charge in [0.25, 0.3) is 0 Å². The molecule has 0 amide bonds. The summed E-state index contributed by atoms with van der Waals surface area (Å²) in [6.45, 7) is 0. The second-order valence-corrected chi connectivity index (χ2v) is 9.38. The van der Waals surface area contributed by atoms with Gasteiger partial charge in [0.15, 0.2) is 0 Å². The molecule has 1 N–H and O–H groups in total. The van der Waals surface area contributed by atoms with Crippen LogP contribution >= 0.6 is 11.3 Å². The molecule has 0 saturated heterocycles. The van der Waals surface area contributed by atoms with Gasteiger partial charge in [0.2, 0.25) is 0 Å². The molecule has 2 nitrogen and oxygen atoms in total. The van der Waals surface area contributed by atoms with Crippen molar-refractivity contribution in [1.29, 1.82) is 0 Å². The van der Waals surface area contributed by atoms with Crippen molar-refractivity contribution >= 4 is 64.8 Å². The van der Waals surface area contributed by atoms with E-state index in [2.05, 4.69) is 102 Å². The van der Waals surface area contributed by atoms with Crippen LogP contribution in [0, 0.1) is 0 Å². The monoisotopic (exact) mass is 441 g/mol. The first-order chi connectivity index (χ1) is 16.3. The van der Waals surface area contributed by atoms with Crippen LogP contribution in [0.4, 0.5) is 11.4 Å². The van der Waals surface area contributed by atoms with E-state index in [1.807, 2.05) is 23.5 Å². The van der Waals surface area contributed by atoms with E-state index in [1.165, 1.54) is 31.3 Å². The molecule has 0 atom stereocenters. The summed E-state index contributed by atoms with van der Waals surface area (Å²) in [6.07, 6.45) is 0. The maximum Gasteiger partial charge on any atom is 0.136 e. The number of nitrogens with one attached hydrogen (secondary N) is 1. The summed E-state index contributed by atoms with van der Waals surface area (Å²) in [5.74, 6) is 0. The Morgan fingerprint density at radius 3 is 2.27 bits per heavy atom. The number of hydrogen-bond acceptors (Lipinski definition) is 3. The highest BCUT2D eigenvalue weighted by molar-refractivity contribution is 7.25. The first-order valence-corrected chi connectivity index (χ1v) is 11.8. The molecule has 0 aliphatic carbocycles. The molecule has 0 unspecified atom stereocenters. The van der Waals surface area contributed by atoms with E-state index in [1.54, 1.807) is 0 Å². The zero-order valence-corrected chi connectivity index (χ0v) is 18.5. The maximum atomic E-state index is 6.19. The lowest BCUT2D eigenvalue weighted by molar-refractivity contribution is 0.669. The number of hydrogen-bond donors (Lipinski definition) is 1. The predicted molar refractivity (Wildman–Crippen MR) is 142 cm³/mol. The van der Waals surface area contributed by atoms with Crippen molar-refractivity contribution in [3.63, 3.8) is 0 Å². The van der Waals surface area contributed by atoms with Crippen molar-refractivity contribution in [3.8, 4) is 11.1 Å². The molecule has 7 aromatic rings. The molecule has 5 aromatic carbocycles. The Bertz CT molecular complexity index is 1790. The molecule has 7 rings (SSSR count). The molecular weight excluding hydrogens is 422 g/mol. The summed E-state index contributed by atoms with van der Waals surface area (Å²) >= 11 is 1.84. The van der Waals surface area contributed by atoms with Crippen LogP contribution in [0.1, 0.15) is 0 Å². The Morgan fingerprint density at radius 1 is 0.545 bits per heavy atom. The Morgan fingerprint density at radius 2 is 1.33 bits per heavy atom. The zero-order chi connectivity index (χ0) is 21.8. The molecule has 0 aliphatic rings. The third-order valence-corrected chi connectivity index (χ3v) is 7.38. The van der Waals surface area contributed by atoms with Gasteiger partial charge in [-0.15, -0.1) is 11.3 Å². The highest BCUT2D eigenvalue weighted by Gasteiger charge is 2.13. The van der Waals surface area contributed by atoms with Crippen LogP contribution in [0.2, 0.25) is 0 Å². The molecule has 3 heteroatoms. The second kappa shape index (κ2) is 7.22. The minimum absolute atomic E-state index is 0.902. The quantitative estimate of drug-likeness (QED) is 0.295. The van der Waals surface area contributed by atoms with Crippen molar-refractivity contribution < 1.29 is 4.42 Å². The fraction of sp³-hybridized carbons (Fsp3) is 0. The highest BCUT2D eigenvalue weighted by Crippen LogP contribution is 2.39. The van der Waals surface area contributed by atoms with Gasteiger partial charge in [-0.2, -0.15) is 0 Å². The van der Waals surface area contributed by atoms with E-state index >= 15 is 0 Å². The minimum atomic E-state index is 0.902. The van der Waals surface area contributed by atoms with Gasteiger partial charge in [0.05, 0.1) is 0 Å². The summed E-state index contributed by atoms with van der Waals surface area (Å²) in [7, 11) is 0. The van der Waals surface area contributed by atoms with E-state index in [4.69, 9.17) is 4.42 Å². The summed E-state index contributed by atoms with van der Waals surface area (Å²) in [4.78, 5) is 0. The lowest BCUT2D eigenvalue weighted by atomic mass is 9.99. The van der Waals surface area contributed by atoms with Crippen LogP contribution < -0.4 is 5.32 Å². The fourth-order valence-electron chi connectivity index (χ4n) is 4.73. The molecule has 33 heavy (non-hydrogen) atoms. The van der Waals surface area contributed by atoms with Gasteiger partial charge in [0.1, 0.15) is 11.2 Å². The van der Waals surface area contributed by atoms with Crippen LogP contribution in [0.25, 0.3) is 53.2 Å². The minimum Gasteiger partial charge on any atom is -0.456 e. The number of rotatable bonds is 3. The largest absolute Gasteiger partial charge is 0.456 e. The summed E-state index contributed by atoms with van der Waals surface area (Å²) in [5.41, 5.74) is 6.34. The average molecular weight is 442 g/mol. The molecule has 2 aromatic heterocycles. The van der Waals surface area contributed by atoms with Crippen molar-refractivity contribution in [2.75, 3.05) is 5.32 Å². The second-order valence-electron chi connectivity index (χ2n) is 8.29. The summed E-state index contributed by atoms with van der Waals surface area (Å²) in [5, 5.41) is 8.52. The topological polar surface area (TPSA) is 25.2 Å². The van der Waals surface area contributed by atoms with Gasteiger partial charge >= 0.3 is 0 Å². The van der Waals surface area contributed by atoms with Crippen LogP contribution in [0.5, 0.6) is 0 Å². The average Bonchev–Trinajstić information content (AvgIpc) is 3.42. The van der Waals surface area contributed by atoms with E-state index in [9.17, 15) is 0 Å². The van der Waals surface area contributed by atoms with Gasteiger partial charge in [0, 0.05) is 42.3 Å². The van der Waals surface area contributed by atoms with Crippen molar-refractivity contribution in [2.45, 2.75) is 0 Å². The van der Waals surface area contributed by atoms with E-state index in [0.717, 1.165) is 33.3 Å². The molecule has 0 saturated carbocycles. The normalized spacial score (nSPS) is 11.6. The van der Waals surface area contributed by atoms with Gasteiger partial charge in [-0.3, -0.25) is 0 Å². The summed E-state index contributed by atoms with van der Waals surface area (Å²) < 4.78 is 8.80. The molecule has 0 aliphatic heterocycles. The van der Waals surface area contributed by atoms with Crippen molar-refractivity contribution in [1.82, 2.24) is 0 Å². The molecule has 0 spiro atoms. The number of benzene rings is 5. The zero-order valence-electron chi connectivity index (χ0n) is 17.7. The summed E-state index contributed by atoms with van der Waals surface area (Å²) in [6, 6.07) is 38.3. The SMILES string of the molecule is c1ccc(-c2cccc3oc4ccc(Nc5ccc6c(c5)sc5ccccc56)cc4c23)cc1. The highest BCUT2D eigenvalue weighted by atomic mass is 32.1. The Labute approximate surface area is 194 Å². The first-order valence-electron chi connectivity index (χ1n) is 11.0. The van der Waals surface area contributed by atoms with Crippen molar-refractivity contribution in [3.05, 3.63) is 109 Å². The molecular formula is C30H19NOS. The molecule has 156 valence electrons. The molecule has 0 bridgehead atoms. The Hall–Kier alpha value is -4.08. The number of furan rings is 1. The van der Waals surface area contributed by atoms with E-state index < -0.39 is 0 Å². The number of fused-ring (bicyclic) bond motifs is 6. The molecule has 0 fully saturated rings. The first kappa shape index (κ1) is 18.5. The molecule has 0 radical (unpaired) electrons. The molecule has 2 heterocycles. The Kier molecular flexibility index (Phi) is 4.05. The van der Waals surface area contributed by atoms with Gasteiger partial charge in [-0.25, -0.2) is 0 Å². The standard InChI is InChI=1S/C30H19NOS/c1-2-7-19(8-3-1)22-10-6-11-27-30(22)25-17-20(14-16-26(25)32-27)31-21-13-15-24-23-9-4-5-12-28(23)33-29(24)18-21/h1-18,31H. The van der Waals surface area contributed by atoms with Crippen molar-refractivity contribution in [2.24, 2.45) is 0 Å². The van der Waals surface area contributed by atoms with E-state index in [-0.39, 0.29) is 0 Å². The lowest BCUT2D eigenvalue weighted by Crippen LogP contribution is -1.89. The number of anilines is 2. The maximum absolute atomic E-state index is 6.19.